The van der Waals surface area contributed by atoms with E-state index in [1.54, 1.807) is 12.1 Å². The van der Waals surface area contributed by atoms with Crippen LogP contribution >= 0.6 is 23.2 Å². The lowest BCUT2D eigenvalue weighted by atomic mass is 9.95. The van der Waals surface area contributed by atoms with Gasteiger partial charge in [0.1, 0.15) is 4.90 Å². The van der Waals surface area contributed by atoms with Crippen LogP contribution in [0, 0.1) is 0 Å². The number of rotatable bonds is 5. The van der Waals surface area contributed by atoms with Crippen molar-refractivity contribution < 1.29 is 23.1 Å². The number of aromatic carboxylic acids is 1. The van der Waals surface area contributed by atoms with Crippen LogP contribution in [0.5, 0.6) is 0 Å². The highest BCUT2D eigenvalue weighted by molar-refractivity contribution is 7.90. The van der Waals surface area contributed by atoms with E-state index in [2.05, 4.69) is 0 Å². The Hall–Kier alpha value is -2.09. The van der Waals surface area contributed by atoms with Gasteiger partial charge in [-0.1, -0.05) is 41.4 Å². The summed E-state index contributed by atoms with van der Waals surface area (Å²) in [6, 6.07) is 9.73. The van der Waals surface area contributed by atoms with Crippen molar-refractivity contribution in [2.75, 3.05) is 0 Å². The minimum absolute atomic E-state index is 0.272. The summed E-state index contributed by atoms with van der Waals surface area (Å²) in [6.45, 7) is 0. The summed E-state index contributed by atoms with van der Waals surface area (Å²) in [5, 5.41) is 9.84. The van der Waals surface area contributed by atoms with Crippen LogP contribution in [0.3, 0.4) is 0 Å². The van der Waals surface area contributed by atoms with Crippen molar-refractivity contribution in [1.29, 1.82) is 0 Å². The zero-order valence-corrected chi connectivity index (χ0v) is 15.5. The highest BCUT2D eigenvalue weighted by Gasteiger charge is 2.53. The molecule has 6 nitrogen and oxygen atoms in total. The Balaban J connectivity index is 1.94. The van der Waals surface area contributed by atoms with Crippen molar-refractivity contribution in [2.24, 2.45) is 0 Å². The van der Waals surface area contributed by atoms with Gasteiger partial charge in [0.05, 0.1) is 11.0 Å². The van der Waals surface area contributed by atoms with E-state index in [0.717, 1.165) is 12.1 Å². The molecule has 0 atom stereocenters. The number of carbonyl (C=O) groups is 2. The molecule has 1 saturated carbocycles. The SMILES string of the molecule is O=C(O)c1ccccc1S(=O)(=O)NC(=O)C1(c2ccc(Cl)cc2Cl)CC1. The van der Waals surface area contributed by atoms with Gasteiger partial charge in [-0.2, -0.15) is 0 Å². The normalized spacial score (nSPS) is 15.3. The molecule has 0 aliphatic heterocycles. The Morgan fingerprint density at radius 2 is 1.73 bits per heavy atom. The number of carboxylic acids is 1. The molecule has 0 unspecified atom stereocenters. The average Bonchev–Trinajstić information content (AvgIpc) is 3.36. The molecular weight excluding hydrogens is 401 g/mol. The molecule has 1 amide bonds. The first kappa shape index (κ1) is 18.7. The number of carbonyl (C=O) groups excluding carboxylic acids is 1. The van der Waals surface area contributed by atoms with Gasteiger partial charge in [0.25, 0.3) is 10.0 Å². The molecule has 0 aromatic heterocycles. The molecule has 2 N–H and O–H groups in total. The predicted octanol–water partition coefficient (Wildman–Crippen LogP) is 3.23. The number of nitrogens with one attached hydrogen (secondary N) is 1. The monoisotopic (exact) mass is 413 g/mol. The topological polar surface area (TPSA) is 101 Å². The number of carboxylic acid groups (broad SMARTS) is 1. The zero-order valence-electron chi connectivity index (χ0n) is 13.2. The summed E-state index contributed by atoms with van der Waals surface area (Å²) in [4.78, 5) is 23.5. The molecule has 2 aromatic carbocycles. The number of hydrogen-bond acceptors (Lipinski definition) is 4. The number of hydrogen-bond donors (Lipinski definition) is 2. The van der Waals surface area contributed by atoms with E-state index >= 15 is 0 Å². The van der Waals surface area contributed by atoms with E-state index in [4.69, 9.17) is 28.3 Å². The van der Waals surface area contributed by atoms with Gasteiger partial charge in [-0.25, -0.2) is 17.9 Å². The summed E-state index contributed by atoms with van der Waals surface area (Å²) in [5.41, 5.74) is -0.989. The third kappa shape index (κ3) is 3.30. The van der Waals surface area contributed by atoms with Crippen LogP contribution in [0.1, 0.15) is 28.8 Å². The quantitative estimate of drug-likeness (QED) is 0.783. The molecule has 1 fully saturated rings. The van der Waals surface area contributed by atoms with Crippen molar-refractivity contribution in [3.8, 4) is 0 Å². The maximum atomic E-state index is 12.7. The Labute approximate surface area is 159 Å². The summed E-state index contributed by atoms with van der Waals surface area (Å²) >= 11 is 12.0. The number of halogens is 2. The van der Waals surface area contributed by atoms with E-state index in [1.165, 1.54) is 18.2 Å². The highest BCUT2D eigenvalue weighted by Crippen LogP contribution is 2.51. The summed E-state index contributed by atoms with van der Waals surface area (Å²) in [6.07, 6.45) is 0.854. The van der Waals surface area contributed by atoms with Gasteiger partial charge in [-0.3, -0.25) is 4.79 Å². The second kappa shape index (κ2) is 6.57. The molecule has 0 spiro atoms. The highest BCUT2D eigenvalue weighted by atomic mass is 35.5. The van der Waals surface area contributed by atoms with E-state index < -0.39 is 37.8 Å². The van der Waals surface area contributed by atoms with Crippen LogP contribution in [0.4, 0.5) is 0 Å². The van der Waals surface area contributed by atoms with E-state index in [0.29, 0.717) is 23.4 Å². The molecule has 0 saturated heterocycles. The van der Waals surface area contributed by atoms with Crippen molar-refractivity contribution >= 4 is 45.1 Å². The van der Waals surface area contributed by atoms with Gasteiger partial charge in [-0.15, -0.1) is 0 Å². The zero-order chi connectivity index (χ0) is 19.1. The van der Waals surface area contributed by atoms with Crippen molar-refractivity contribution in [1.82, 2.24) is 4.72 Å². The van der Waals surface area contributed by atoms with Gasteiger partial charge in [0.15, 0.2) is 0 Å². The van der Waals surface area contributed by atoms with Crippen LogP contribution in [0.2, 0.25) is 10.0 Å². The molecule has 0 bridgehead atoms. The molecule has 3 rings (SSSR count). The first-order chi connectivity index (χ1) is 12.2. The molecule has 1 aliphatic rings. The summed E-state index contributed by atoms with van der Waals surface area (Å²) in [5.74, 6) is -2.15. The van der Waals surface area contributed by atoms with Gasteiger partial charge < -0.3 is 5.11 Å². The van der Waals surface area contributed by atoms with E-state index in [1.807, 2.05) is 4.72 Å². The smallest absolute Gasteiger partial charge is 0.337 e. The summed E-state index contributed by atoms with van der Waals surface area (Å²) < 4.78 is 27.1. The maximum Gasteiger partial charge on any atom is 0.337 e. The third-order valence-electron chi connectivity index (χ3n) is 4.27. The molecule has 26 heavy (non-hydrogen) atoms. The lowest BCUT2D eigenvalue weighted by Gasteiger charge is -2.18. The van der Waals surface area contributed by atoms with Crippen molar-refractivity contribution in [3.63, 3.8) is 0 Å². The standard InChI is InChI=1S/C17H13Cl2NO5S/c18-10-5-6-12(13(19)9-10)17(7-8-17)16(23)20-26(24,25)14-4-2-1-3-11(14)15(21)22/h1-6,9H,7-8H2,(H,20,23)(H,21,22). The Kier molecular flexibility index (Phi) is 4.72. The van der Waals surface area contributed by atoms with Crippen LogP contribution in [0.25, 0.3) is 0 Å². The van der Waals surface area contributed by atoms with E-state index in [9.17, 15) is 18.0 Å². The lowest BCUT2D eigenvalue weighted by Crippen LogP contribution is -2.39. The van der Waals surface area contributed by atoms with Gasteiger partial charge >= 0.3 is 5.97 Å². The molecule has 2 aromatic rings. The van der Waals surface area contributed by atoms with Crippen molar-refractivity contribution in [3.05, 3.63) is 63.6 Å². The predicted molar refractivity (Wildman–Crippen MR) is 96.1 cm³/mol. The average molecular weight is 414 g/mol. The molecule has 0 radical (unpaired) electrons. The third-order valence-corrected chi connectivity index (χ3v) is 6.20. The number of sulfonamides is 1. The molecule has 9 heteroatoms. The number of amides is 1. The Morgan fingerprint density at radius 1 is 1.08 bits per heavy atom. The van der Waals surface area contributed by atoms with Gasteiger partial charge in [0, 0.05) is 10.0 Å². The Morgan fingerprint density at radius 3 is 2.31 bits per heavy atom. The van der Waals surface area contributed by atoms with Gasteiger partial charge in [0.2, 0.25) is 5.91 Å². The van der Waals surface area contributed by atoms with Crippen LogP contribution in [-0.2, 0) is 20.2 Å². The fourth-order valence-corrected chi connectivity index (χ4v) is 4.62. The second-order valence-electron chi connectivity index (χ2n) is 5.94. The largest absolute Gasteiger partial charge is 0.478 e. The van der Waals surface area contributed by atoms with Crippen LogP contribution in [0.15, 0.2) is 47.4 Å². The fraction of sp³-hybridized carbons (Fsp3) is 0.176. The second-order valence-corrected chi connectivity index (χ2v) is 8.44. The Bertz CT molecular complexity index is 1020. The minimum atomic E-state index is -4.36. The number of benzene rings is 2. The first-order valence-corrected chi connectivity index (χ1v) is 9.76. The molecule has 136 valence electrons. The van der Waals surface area contributed by atoms with Crippen LogP contribution < -0.4 is 4.72 Å². The summed E-state index contributed by atoms with van der Waals surface area (Å²) in [7, 11) is -4.36. The van der Waals surface area contributed by atoms with Crippen LogP contribution in [-0.4, -0.2) is 25.4 Å². The fourth-order valence-electron chi connectivity index (χ4n) is 2.77. The molecule has 0 heterocycles. The van der Waals surface area contributed by atoms with E-state index in [-0.39, 0.29) is 5.02 Å². The van der Waals surface area contributed by atoms with Gasteiger partial charge in [-0.05, 0) is 42.7 Å². The minimum Gasteiger partial charge on any atom is -0.478 e. The molecular formula is C17H13Cl2NO5S. The van der Waals surface area contributed by atoms with Crippen molar-refractivity contribution in [2.45, 2.75) is 23.2 Å². The molecule has 1 aliphatic carbocycles. The lowest BCUT2D eigenvalue weighted by molar-refractivity contribution is -0.121. The maximum absolute atomic E-state index is 12.7. The first-order valence-electron chi connectivity index (χ1n) is 7.52.